The molecule has 0 atom stereocenters. The number of carbonyl (C=O) groups is 2. The molecule has 0 radical (unpaired) electrons. The Morgan fingerprint density at radius 3 is 2.23 bits per heavy atom. The smallest absolute Gasteiger partial charge is 0.343 e. The molecule has 0 amide bonds. The third kappa shape index (κ3) is 3.29. The summed E-state index contributed by atoms with van der Waals surface area (Å²) in [5.41, 5.74) is -2.72. The number of ether oxygens (including phenoxy) is 2. The van der Waals surface area contributed by atoms with Crippen LogP contribution in [0.5, 0.6) is 0 Å². The zero-order valence-corrected chi connectivity index (χ0v) is 14.3. The lowest BCUT2D eigenvalue weighted by atomic mass is 10.0. The lowest BCUT2D eigenvalue weighted by molar-refractivity contribution is -0.142. The fraction of sp³-hybridized carbons (Fsp3) is 0.353. The molecule has 26 heavy (non-hydrogen) atoms. The molecule has 0 aliphatic rings. The summed E-state index contributed by atoms with van der Waals surface area (Å²) in [7, 11) is 0. The van der Waals surface area contributed by atoms with Gasteiger partial charge in [-0.25, -0.2) is 18.0 Å². The zero-order chi connectivity index (χ0) is 19.6. The van der Waals surface area contributed by atoms with Gasteiger partial charge in [-0.1, -0.05) is 6.92 Å². The molecule has 0 bridgehead atoms. The van der Waals surface area contributed by atoms with Crippen molar-refractivity contribution in [1.82, 2.24) is 4.98 Å². The van der Waals surface area contributed by atoms with Gasteiger partial charge < -0.3 is 14.5 Å². The van der Waals surface area contributed by atoms with E-state index in [2.05, 4.69) is 9.72 Å². The molecule has 2 rings (SSSR count). The van der Waals surface area contributed by atoms with Crippen molar-refractivity contribution in [3.63, 3.8) is 0 Å². The molecule has 6 nitrogen and oxygen atoms in total. The first-order valence-corrected chi connectivity index (χ1v) is 7.79. The molecule has 9 heteroatoms. The molecule has 0 aliphatic heterocycles. The van der Waals surface area contributed by atoms with Gasteiger partial charge in [-0.2, -0.15) is 0 Å². The van der Waals surface area contributed by atoms with Gasteiger partial charge >= 0.3 is 11.9 Å². The first kappa shape index (κ1) is 19.5. The minimum atomic E-state index is -1.82. The number of hydrogen-bond donors (Lipinski definition) is 1. The number of esters is 2. The van der Waals surface area contributed by atoms with Gasteiger partial charge in [-0.3, -0.25) is 9.59 Å². The van der Waals surface area contributed by atoms with Crippen molar-refractivity contribution >= 4 is 22.8 Å². The normalized spacial score (nSPS) is 10.8. The Kier molecular flexibility index (Phi) is 5.69. The molecule has 0 fully saturated rings. The summed E-state index contributed by atoms with van der Waals surface area (Å²) in [5.74, 6) is -6.88. The van der Waals surface area contributed by atoms with Gasteiger partial charge in [0.05, 0.1) is 17.5 Å². The van der Waals surface area contributed by atoms with Crippen molar-refractivity contribution in [2.75, 3.05) is 6.61 Å². The summed E-state index contributed by atoms with van der Waals surface area (Å²) in [6, 6.07) is 0. The van der Waals surface area contributed by atoms with Crippen LogP contribution in [-0.4, -0.2) is 23.5 Å². The van der Waals surface area contributed by atoms with Crippen LogP contribution in [0, 0.1) is 17.5 Å². The molecule has 0 spiro atoms. The Balaban J connectivity index is 2.94. The van der Waals surface area contributed by atoms with Crippen molar-refractivity contribution in [3.05, 3.63) is 44.5 Å². The Hall–Kier alpha value is -2.84. The molecule has 1 aromatic carbocycles. The van der Waals surface area contributed by atoms with Crippen LogP contribution in [0.25, 0.3) is 10.9 Å². The summed E-state index contributed by atoms with van der Waals surface area (Å²) in [6.45, 7) is 3.32. The van der Waals surface area contributed by atoms with E-state index in [1.807, 2.05) is 0 Å². The van der Waals surface area contributed by atoms with Crippen LogP contribution in [0.2, 0.25) is 0 Å². The Morgan fingerprint density at radius 2 is 1.69 bits per heavy atom. The third-order valence-corrected chi connectivity index (χ3v) is 3.71. The van der Waals surface area contributed by atoms with Crippen LogP contribution in [0.4, 0.5) is 13.2 Å². The highest BCUT2D eigenvalue weighted by atomic mass is 19.2. The van der Waals surface area contributed by atoms with Crippen LogP contribution in [-0.2, 0) is 27.3 Å². The summed E-state index contributed by atoms with van der Waals surface area (Å²) < 4.78 is 51.8. The topological polar surface area (TPSA) is 85.5 Å². The Morgan fingerprint density at radius 1 is 1.04 bits per heavy atom. The SMILES string of the molecule is CCOC(=O)c1c(CC)[nH]c2c(F)c(F)c(F)c(COC(C)=O)c2c1=O. The third-order valence-electron chi connectivity index (χ3n) is 3.71. The van der Waals surface area contributed by atoms with E-state index in [-0.39, 0.29) is 18.7 Å². The maximum Gasteiger partial charge on any atom is 0.343 e. The molecule has 1 heterocycles. The van der Waals surface area contributed by atoms with E-state index < -0.39 is 63.5 Å². The first-order chi connectivity index (χ1) is 12.2. The average molecular weight is 371 g/mol. The predicted octanol–water partition coefficient (Wildman–Crippen LogP) is 2.75. The number of benzene rings is 1. The van der Waals surface area contributed by atoms with Gasteiger partial charge in [0.15, 0.2) is 17.5 Å². The first-order valence-electron chi connectivity index (χ1n) is 7.79. The Labute approximate surface area is 145 Å². The molecule has 0 saturated carbocycles. The van der Waals surface area contributed by atoms with Crippen molar-refractivity contribution in [2.24, 2.45) is 0 Å². The largest absolute Gasteiger partial charge is 0.462 e. The van der Waals surface area contributed by atoms with Gasteiger partial charge in [0.25, 0.3) is 0 Å². The summed E-state index contributed by atoms with van der Waals surface area (Å²) >= 11 is 0. The molecule has 0 saturated heterocycles. The minimum absolute atomic E-state index is 0.0179. The fourth-order valence-corrected chi connectivity index (χ4v) is 2.55. The molecule has 0 aliphatic carbocycles. The van der Waals surface area contributed by atoms with E-state index in [0.29, 0.717) is 0 Å². The number of hydrogen-bond acceptors (Lipinski definition) is 5. The molecule has 0 unspecified atom stereocenters. The van der Waals surface area contributed by atoms with Crippen molar-refractivity contribution < 1.29 is 32.2 Å². The van der Waals surface area contributed by atoms with Gasteiger partial charge in [0.2, 0.25) is 5.43 Å². The standard InChI is InChI=1S/C17H16F3NO5/c1-4-9-11(17(24)25-5-2)16(23)10-8(6-26-7(3)22)12(18)13(19)14(20)15(10)21-9/h4-6H2,1-3H3,(H,21,23). The monoisotopic (exact) mass is 371 g/mol. The summed E-state index contributed by atoms with van der Waals surface area (Å²) in [5, 5.41) is -0.608. The molecule has 140 valence electrons. The highest BCUT2D eigenvalue weighted by Gasteiger charge is 2.28. The van der Waals surface area contributed by atoms with Gasteiger partial charge in [-0.15, -0.1) is 0 Å². The number of halogens is 3. The molecular weight excluding hydrogens is 355 g/mol. The number of rotatable bonds is 5. The van der Waals surface area contributed by atoms with Crippen molar-refractivity contribution in [2.45, 2.75) is 33.8 Å². The number of nitrogens with one attached hydrogen (secondary N) is 1. The van der Waals surface area contributed by atoms with Gasteiger partial charge in [0.1, 0.15) is 12.2 Å². The van der Waals surface area contributed by atoms with E-state index in [4.69, 9.17) is 4.74 Å². The lowest BCUT2D eigenvalue weighted by Gasteiger charge is -2.14. The van der Waals surface area contributed by atoms with E-state index in [9.17, 15) is 27.6 Å². The van der Waals surface area contributed by atoms with E-state index in [0.717, 1.165) is 6.92 Å². The number of aromatic amines is 1. The summed E-state index contributed by atoms with van der Waals surface area (Å²) in [4.78, 5) is 38.4. The van der Waals surface area contributed by atoms with Crippen molar-refractivity contribution in [3.8, 4) is 0 Å². The quantitative estimate of drug-likeness (QED) is 0.645. The average Bonchev–Trinajstić information content (AvgIpc) is 2.59. The minimum Gasteiger partial charge on any atom is -0.462 e. The second-order valence-corrected chi connectivity index (χ2v) is 5.33. The maximum atomic E-state index is 14.2. The highest BCUT2D eigenvalue weighted by Crippen LogP contribution is 2.27. The Bertz CT molecular complexity index is 952. The van der Waals surface area contributed by atoms with Crippen molar-refractivity contribution in [1.29, 1.82) is 0 Å². The van der Waals surface area contributed by atoms with Gasteiger partial charge in [-0.05, 0) is 13.3 Å². The highest BCUT2D eigenvalue weighted by molar-refractivity contribution is 5.96. The molecule has 1 aromatic heterocycles. The number of fused-ring (bicyclic) bond motifs is 1. The van der Waals surface area contributed by atoms with Crippen LogP contribution in [0.3, 0.4) is 0 Å². The summed E-state index contributed by atoms with van der Waals surface area (Å²) in [6.07, 6.45) is 0.108. The number of pyridine rings is 1. The fourth-order valence-electron chi connectivity index (χ4n) is 2.55. The van der Waals surface area contributed by atoms with E-state index >= 15 is 0 Å². The second kappa shape index (κ2) is 7.59. The molecule has 2 aromatic rings. The predicted molar refractivity (Wildman–Crippen MR) is 85.2 cm³/mol. The number of aromatic nitrogens is 1. The van der Waals surface area contributed by atoms with Crippen LogP contribution in [0.1, 0.15) is 42.4 Å². The van der Waals surface area contributed by atoms with Crippen LogP contribution < -0.4 is 5.43 Å². The van der Waals surface area contributed by atoms with E-state index in [1.165, 1.54) is 6.92 Å². The number of H-pyrrole nitrogens is 1. The van der Waals surface area contributed by atoms with Gasteiger partial charge in [0, 0.05) is 18.2 Å². The van der Waals surface area contributed by atoms with E-state index in [1.54, 1.807) is 6.92 Å². The number of carbonyl (C=O) groups excluding carboxylic acids is 2. The zero-order valence-electron chi connectivity index (χ0n) is 14.3. The number of aryl methyl sites for hydroxylation is 1. The molecule has 1 N–H and O–H groups in total. The van der Waals surface area contributed by atoms with Crippen LogP contribution in [0.15, 0.2) is 4.79 Å². The maximum absolute atomic E-state index is 14.2. The van der Waals surface area contributed by atoms with Crippen LogP contribution >= 0.6 is 0 Å². The molecular formula is C17H16F3NO5. The lowest BCUT2D eigenvalue weighted by Crippen LogP contribution is -2.24. The second-order valence-electron chi connectivity index (χ2n) is 5.33.